The maximum absolute atomic E-state index is 12.2. The summed E-state index contributed by atoms with van der Waals surface area (Å²) in [6.45, 7) is 5.20. The maximum Gasteiger partial charge on any atom is 0.343 e. The Bertz CT molecular complexity index is 744. The topological polar surface area (TPSA) is 58.6 Å². The number of cyclic esters (lactones) is 1. The zero-order chi connectivity index (χ0) is 17.1. The lowest BCUT2D eigenvalue weighted by atomic mass is 10.2. The van der Waals surface area contributed by atoms with Gasteiger partial charge in [-0.3, -0.25) is 0 Å². The van der Waals surface area contributed by atoms with Gasteiger partial charge in [-0.1, -0.05) is 30.3 Å². The molecule has 0 amide bonds. The van der Waals surface area contributed by atoms with Gasteiger partial charge in [-0.05, 0) is 25.9 Å². The van der Waals surface area contributed by atoms with Gasteiger partial charge in [0, 0.05) is 24.8 Å². The Morgan fingerprint density at radius 2 is 1.84 bits per heavy atom. The number of hydrogen-bond acceptors (Lipinski definition) is 6. The number of fused-ring (bicyclic) bond motifs is 1. The van der Waals surface area contributed by atoms with Crippen LogP contribution in [0.15, 0.2) is 36.5 Å². The summed E-state index contributed by atoms with van der Waals surface area (Å²) in [6.07, 6.45) is 4.15. The van der Waals surface area contributed by atoms with Crippen LogP contribution >= 0.6 is 0 Å². The van der Waals surface area contributed by atoms with Gasteiger partial charge in [0.25, 0.3) is 0 Å². The van der Waals surface area contributed by atoms with E-state index in [0.29, 0.717) is 30.4 Å². The van der Waals surface area contributed by atoms with E-state index in [0.717, 1.165) is 31.7 Å². The van der Waals surface area contributed by atoms with Crippen molar-refractivity contribution in [3.8, 4) is 11.4 Å². The fourth-order valence-electron chi connectivity index (χ4n) is 3.40. The number of carbonyl (C=O) groups excluding carboxylic acids is 1. The first-order valence-electron chi connectivity index (χ1n) is 8.88. The van der Waals surface area contributed by atoms with Crippen molar-refractivity contribution in [1.29, 1.82) is 0 Å². The van der Waals surface area contributed by atoms with Gasteiger partial charge >= 0.3 is 5.97 Å². The lowest BCUT2D eigenvalue weighted by Gasteiger charge is -2.25. The second-order valence-electron chi connectivity index (χ2n) is 6.47. The number of nitrogens with zero attached hydrogens (tertiary/aromatic N) is 4. The van der Waals surface area contributed by atoms with Crippen LogP contribution in [0.25, 0.3) is 11.4 Å². The molecule has 0 atom stereocenters. The molecule has 25 heavy (non-hydrogen) atoms. The predicted molar refractivity (Wildman–Crippen MR) is 95.6 cm³/mol. The summed E-state index contributed by atoms with van der Waals surface area (Å²) in [5.74, 6) is 0.994. The summed E-state index contributed by atoms with van der Waals surface area (Å²) in [7, 11) is 0. The van der Waals surface area contributed by atoms with Gasteiger partial charge in [0.2, 0.25) is 0 Å². The Balaban J connectivity index is 1.63. The number of carbonyl (C=O) groups is 1. The van der Waals surface area contributed by atoms with Gasteiger partial charge < -0.3 is 14.5 Å². The summed E-state index contributed by atoms with van der Waals surface area (Å²) in [5, 5.41) is 0. The molecule has 2 aliphatic rings. The molecule has 0 saturated carbocycles. The highest BCUT2D eigenvalue weighted by Crippen LogP contribution is 2.25. The van der Waals surface area contributed by atoms with Gasteiger partial charge in [0.05, 0.1) is 6.54 Å². The highest BCUT2D eigenvalue weighted by molar-refractivity contribution is 5.95. The van der Waals surface area contributed by atoms with E-state index in [1.165, 1.54) is 12.8 Å². The summed E-state index contributed by atoms with van der Waals surface area (Å²) >= 11 is 0. The highest BCUT2D eigenvalue weighted by Gasteiger charge is 2.25. The molecule has 3 heterocycles. The van der Waals surface area contributed by atoms with Gasteiger partial charge in [-0.15, -0.1) is 0 Å². The van der Waals surface area contributed by atoms with Crippen LogP contribution in [0.5, 0.6) is 0 Å². The summed E-state index contributed by atoms with van der Waals surface area (Å²) in [6, 6.07) is 9.84. The lowest BCUT2D eigenvalue weighted by Crippen LogP contribution is -2.36. The molecule has 0 bridgehead atoms. The molecular weight excluding hydrogens is 316 g/mol. The number of aromatic nitrogens is 2. The van der Waals surface area contributed by atoms with E-state index in [1.54, 1.807) is 6.20 Å². The second-order valence-corrected chi connectivity index (χ2v) is 6.47. The normalized spacial score (nSPS) is 17.9. The second kappa shape index (κ2) is 7.19. The monoisotopic (exact) mass is 338 g/mol. The third kappa shape index (κ3) is 3.49. The molecule has 0 aliphatic carbocycles. The van der Waals surface area contributed by atoms with Crippen molar-refractivity contribution in [1.82, 2.24) is 14.9 Å². The van der Waals surface area contributed by atoms with Gasteiger partial charge in [-0.25, -0.2) is 14.8 Å². The van der Waals surface area contributed by atoms with Crippen molar-refractivity contribution in [2.24, 2.45) is 0 Å². The average molecular weight is 338 g/mol. The van der Waals surface area contributed by atoms with E-state index in [-0.39, 0.29) is 5.97 Å². The molecule has 0 radical (unpaired) electrons. The Labute approximate surface area is 147 Å². The SMILES string of the molecule is O=C1OCCN(CCN2CCCC2)c2nc(-c3ccccc3)ncc21. The van der Waals surface area contributed by atoms with Gasteiger partial charge in [0.15, 0.2) is 5.82 Å². The van der Waals surface area contributed by atoms with E-state index >= 15 is 0 Å². The fraction of sp³-hybridized carbons (Fsp3) is 0.421. The third-order valence-electron chi connectivity index (χ3n) is 4.80. The molecule has 1 aromatic heterocycles. The zero-order valence-electron chi connectivity index (χ0n) is 14.2. The van der Waals surface area contributed by atoms with E-state index in [4.69, 9.17) is 9.72 Å². The number of benzene rings is 1. The molecule has 0 N–H and O–H groups in total. The molecule has 0 unspecified atom stereocenters. The number of likely N-dealkylation sites (tertiary alicyclic amines) is 1. The predicted octanol–water partition coefficient (Wildman–Crippen LogP) is 2.22. The van der Waals surface area contributed by atoms with Crippen LogP contribution in [0.4, 0.5) is 5.82 Å². The molecule has 6 nitrogen and oxygen atoms in total. The van der Waals surface area contributed by atoms with Crippen molar-refractivity contribution in [2.75, 3.05) is 44.2 Å². The zero-order valence-corrected chi connectivity index (χ0v) is 14.2. The standard InChI is InChI=1S/C19H22N4O2/c24-19-16-14-20-17(15-6-2-1-3-7-15)21-18(16)23(12-13-25-19)11-10-22-8-4-5-9-22/h1-3,6-7,14H,4-5,8-13H2. The minimum atomic E-state index is -0.335. The number of ether oxygens (including phenoxy) is 1. The first-order valence-corrected chi connectivity index (χ1v) is 8.88. The van der Waals surface area contributed by atoms with Crippen LogP contribution in [0.2, 0.25) is 0 Å². The van der Waals surface area contributed by atoms with E-state index in [1.807, 2.05) is 30.3 Å². The quantitative estimate of drug-likeness (QED) is 0.797. The van der Waals surface area contributed by atoms with Crippen molar-refractivity contribution < 1.29 is 9.53 Å². The Morgan fingerprint density at radius 1 is 1.04 bits per heavy atom. The first-order chi connectivity index (χ1) is 12.3. The maximum atomic E-state index is 12.2. The Kier molecular flexibility index (Phi) is 4.61. The molecular formula is C19H22N4O2. The van der Waals surface area contributed by atoms with Gasteiger partial charge in [-0.2, -0.15) is 0 Å². The summed E-state index contributed by atoms with van der Waals surface area (Å²) < 4.78 is 5.30. The molecule has 0 spiro atoms. The number of esters is 1. The van der Waals surface area contributed by atoms with E-state index in [2.05, 4.69) is 14.8 Å². The molecule has 4 rings (SSSR count). The molecule has 1 aromatic carbocycles. The molecule has 2 aromatic rings. The number of hydrogen-bond donors (Lipinski definition) is 0. The van der Waals surface area contributed by atoms with Crippen molar-refractivity contribution in [3.63, 3.8) is 0 Å². The average Bonchev–Trinajstić information content (AvgIpc) is 3.13. The molecule has 2 aliphatic heterocycles. The Hall–Kier alpha value is -2.47. The van der Waals surface area contributed by atoms with Crippen LogP contribution in [0, 0.1) is 0 Å². The van der Waals surface area contributed by atoms with Crippen molar-refractivity contribution >= 4 is 11.8 Å². The smallest absolute Gasteiger partial charge is 0.343 e. The lowest BCUT2D eigenvalue weighted by molar-refractivity contribution is 0.0526. The third-order valence-corrected chi connectivity index (χ3v) is 4.80. The fourth-order valence-corrected chi connectivity index (χ4v) is 3.40. The van der Waals surface area contributed by atoms with E-state index < -0.39 is 0 Å². The van der Waals surface area contributed by atoms with Gasteiger partial charge in [0.1, 0.15) is 18.0 Å². The van der Waals surface area contributed by atoms with Crippen LogP contribution < -0.4 is 4.90 Å². The Morgan fingerprint density at radius 3 is 2.64 bits per heavy atom. The molecule has 1 saturated heterocycles. The minimum absolute atomic E-state index is 0.335. The van der Waals surface area contributed by atoms with E-state index in [9.17, 15) is 4.79 Å². The summed E-state index contributed by atoms with van der Waals surface area (Å²) in [4.78, 5) is 25.9. The summed E-state index contributed by atoms with van der Waals surface area (Å²) in [5.41, 5.74) is 1.40. The minimum Gasteiger partial charge on any atom is -0.460 e. The van der Waals surface area contributed by atoms with Crippen molar-refractivity contribution in [2.45, 2.75) is 12.8 Å². The van der Waals surface area contributed by atoms with Crippen LogP contribution in [-0.4, -0.2) is 60.2 Å². The number of rotatable bonds is 4. The molecule has 1 fully saturated rings. The van der Waals surface area contributed by atoms with Crippen molar-refractivity contribution in [3.05, 3.63) is 42.1 Å². The van der Waals surface area contributed by atoms with Crippen LogP contribution in [-0.2, 0) is 4.74 Å². The molecule has 6 heteroatoms. The van der Waals surface area contributed by atoms with Crippen LogP contribution in [0.1, 0.15) is 23.2 Å². The highest BCUT2D eigenvalue weighted by atomic mass is 16.5. The van der Waals surface area contributed by atoms with Crippen LogP contribution in [0.3, 0.4) is 0 Å². The first kappa shape index (κ1) is 16.0. The largest absolute Gasteiger partial charge is 0.460 e. The number of anilines is 1. The molecule has 130 valence electrons.